The lowest BCUT2D eigenvalue weighted by Gasteiger charge is -2.30. The average Bonchev–Trinajstić information content (AvgIpc) is 3.51. The summed E-state index contributed by atoms with van der Waals surface area (Å²) in [4.78, 5) is 26.5. The van der Waals surface area contributed by atoms with Gasteiger partial charge in [-0.1, -0.05) is 43.3 Å². The van der Waals surface area contributed by atoms with Crippen LogP contribution in [0.15, 0.2) is 77.4 Å². The number of esters is 1. The Morgan fingerprint density at radius 3 is 2.60 bits per heavy atom. The number of rotatable bonds is 6. The molecule has 2 aromatic heterocycles. The summed E-state index contributed by atoms with van der Waals surface area (Å²) in [6, 6.07) is 19.4. The second kappa shape index (κ2) is 10.0. The molecule has 7 nitrogen and oxygen atoms in total. The van der Waals surface area contributed by atoms with Gasteiger partial charge in [0.2, 0.25) is 0 Å². The first-order valence-electron chi connectivity index (χ1n) is 11.8. The van der Waals surface area contributed by atoms with Gasteiger partial charge in [-0.3, -0.25) is 4.79 Å². The number of ether oxygens (including phenoxy) is 1. The SMILES string of the molecule is CC1CCN(C(=O)COC(=O)C=Cc2cn(-c3ccccc3)nc2-c2cc3ccccc3o2)CC1. The molecule has 1 aliphatic heterocycles. The van der Waals surface area contributed by atoms with E-state index in [0.29, 0.717) is 36.0 Å². The topological polar surface area (TPSA) is 77.6 Å². The van der Waals surface area contributed by atoms with Gasteiger partial charge in [0.15, 0.2) is 12.4 Å². The fraction of sp³-hybridized carbons (Fsp3) is 0.250. The van der Waals surface area contributed by atoms with E-state index in [2.05, 4.69) is 6.92 Å². The van der Waals surface area contributed by atoms with Crippen molar-refractivity contribution in [2.24, 2.45) is 5.92 Å². The maximum Gasteiger partial charge on any atom is 0.331 e. The highest BCUT2D eigenvalue weighted by molar-refractivity contribution is 5.91. The van der Waals surface area contributed by atoms with Gasteiger partial charge in [0.05, 0.1) is 5.69 Å². The van der Waals surface area contributed by atoms with Crippen molar-refractivity contribution in [3.63, 3.8) is 0 Å². The van der Waals surface area contributed by atoms with E-state index in [1.54, 1.807) is 15.7 Å². The monoisotopic (exact) mass is 469 g/mol. The van der Waals surface area contributed by atoms with Gasteiger partial charge in [-0.05, 0) is 49.1 Å². The number of hydrogen-bond acceptors (Lipinski definition) is 5. The van der Waals surface area contributed by atoms with E-state index in [-0.39, 0.29) is 12.5 Å². The lowest BCUT2D eigenvalue weighted by molar-refractivity contribution is -0.148. The van der Waals surface area contributed by atoms with Crippen LogP contribution in [0.25, 0.3) is 34.2 Å². The van der Waals surface area contributed by atoms with E-state index in [1.807, 2.05) is 66.9 Å². The molecule has 1 fully saturated rings. The fourth-order valence-corrected chi connectivity index (χ4v) is 4.20. The summed E-state index contributed by atoms with van der Waals surface area (Å²) in [5.41, 5.74) is 2.94. The number of carbonyl (C=O) groups excluding carboxylic acids is 2. The maximum atomic E-state index is 12.4. The largest absolute Gasteiger partial charge is 0.454 e. The predicted molar refractivity (Wildman–Crippen MR) is 134 cm³/mol. The highest BCUT2D eigenvalue weighted by Gasteiger charge is 2.21. The zero-order chi connectivity index (χ0) is 24.2. The number of piperidine rings is 1. The fourth-order valence-electron chi connectivity index (χ4n) is 4.20. The van der Waals surface area contributed by atoms with Crippen LogP contribution in [0.3, 0.4) is 0 Å². The number of nitrogens with zero attached hydrogens (tertiary/aromatic N) is 3. The van der Waals surface area contributed by atoms with Gasteiger partial charge < -0.3 is 14.1 Å². The van der Waals surface area contributed by atoms with Crippen LogP contribution in [0, 0.1) is 5.92 Å². The first kappa shape index (κ1) is 22.7. The molecule has 178 valence electrons. The Kier molecular flexibility index (Phi) is 6.48. The Balaban J connectivity index is 1.34. The van der Waals surface area contributed by atoms with E-state index >= 15 is 0 Å². The van der Waals surface area contributed by atoms with Crippen molar-refractivity contribution >= 4 is 28.9 Å². The molecule has 4 aromatic rings. The van der Waals surface area contributed by atoms with Crippen LogP contribution in [0.2, 0.25) is 0 Å². The second-order valence-electron chi connectivity index (χ2n) is 8.87. The highest BCUT2D eigenvalue weighted by Crippen LogP contribution is 2.30. The van der Waals surface area contributed by atoms with Gasteiger partial charge in [0, 0.05) is 36.3 Å². The Hall–Kier alpha value is -4.13. The zero-order valence-corrected chi connectivity index (χ0v) is 19.6. The highest BCUT2D eigenvalue weighted by atomic mass is 16.5. The molecule has 0 saturated carbocycles. The van der Waals surface area contributed by atoms with Crippen LogP contribution < -0.4 is 0 Å². The molecule has 2 aromatic carbocycles. The molecule has 35 heavy (non-hydrogen) atoms. The molecule has 0 unspecified atom stereocenters. The smallest absolute Gasteiger partial charge is 0.331 e. The van der Waals surface area contributed by atoms with Crippen molar-refractivity contribution in [3.05, 3.63) is 78.5 Å². The molecule has 0 radical (unpaired) electrons. The van der Waals surface area contributed by atoms with Gasteiger partial charge in [-0.2, -0.15) is 5.10 Å². The first-order valence-corrected chi connectivity index (χ1v) is 11.8. The van der Waals surface area contributed by atoms with E-state index in [9.17, 15) is 9.59 Å². The van der Waals surface area contributed by atoms with Gasteiger partial charge in [-0.15, -0.1) is 0 Å². The van der Waals surface area contributed by atoms with Crippen molar-refractivity contribution in [3.8, 4) is 17.1 Å². The Morgan fingerprint density at radius 1 is 1.09 bits per heavy atom. The number of para-hydroxylation sites is 2. The van der Waals surface area contributed by atoms with E-state index in [4.69, 9.17) is 14.3 Å². The molecular weight excluding hydrogens is 442 g/mol. The van der Waals surface area contributed by atoms with Gasteiger partial charge in [0.1, 0.15) is 11.3 Å². The minimum atomic E-state index is -0.577. The Morgan fingerprint density at radius 2 is 1.83 bits per heavy atom. The number of furan rings is 1. The minimum Gasteiger partial charge on any atom is -0.454 e. The zero-order valence-electron chi connectivity index (χ0n) is 19.6. The lowest BCUT2D eigenvalue weighted by Crippen LogP contribution is -2.40. The number of fused-ring (bicyclic) bond motifs is 1. The van der Waals surface area contributed by atoms with Crippen LogP contribution in [0.5, 0.6) is 0 Å². The molecule has 0 atom stereocenters. The van der Waals surface area contributed by atoms with Crippen molar-refractivity contribution in [2.75, 3.05) is 19.7 Å². The van der Waals surface area contributed by atoms with E-state index < -0.39 is 5.97 Å². The number of amides is 1. The summed E-state index contributed by atoms with van der Waals surface area (Å²) >= 11 is 0. The van der Waals surface area contributed by atoms with Crippen LogP contribution in [0.4, 0.5) is 0 Å². The third-order valence-electron chi connectivity index (χ3n) is 6.30. The van der Waals surface area contributed by atoms with E-state index in [1.165, 1.54) is 6.08 Å². The summed E-state index contributed by atoms with van der Waals surface area (Å²) in [6.07, 6.45) is 6.77. The average molecular weight is 470 g/mol. The molecule has 0 spiro atoms. The number of benzene rings is 2. The van der Waals surface area contributed by atoms with Crippen molar-refractivity contribution in [2.45, 2.75) is 19.8 Å². The summed E-state index contributed by atoms with van der Waals surface area (Å²) in [7, 11) is 0. The molecule has 3 heterocycles. The number of aromatic nitrogens is 2. The third kappa shape index (κ3) is 5.19. The second-order valence-corrected chi connectivity index (χ2v) is 8.87. The summed E-state index contributed by atoms with van der Waals surface area (Å²) < 4.78 is 13.0. The molecule has 0 N–H and O–H groups in total. The van der Waals surface area contributed by atoms with Crippen LogP contribution in [-0.4, -0.2) is 46.3 Å². The molecule has 0 bridgehead atoms. The maximum absolute atomic E-state index is 12.4. The Labute approximate surface area is 203 Å². The molecule has 7 heteroatoms. The lowest BCUT2D eigenvalue weighted by atomic mass is 9.99. The van der Waals surface area contributed by atoms with Crippen molar-refractivity contribution in [1.82, 2.24) is 14.7 Å². The van der Waals surface area contributed by atoms with Crippen molar-refractivity contribution in [1.29, 1.82) is 0 Å². The molecule has 1 amide bonds. The molecule has 1 aliphatic rings. The summed E-state index contributed by atoms with van der Waals surface area (Å²) in [6.45, 7) is 3.36. The normalized spacial score (nSPS) is 14.6. The number of likely N-dealkylation sites (tertiary alicyclic amines) is 1. The third-order valence-corrected chi connectivity index (χ3v) is 6.30. The first-order chi connectivity index (χ1) is 17.1. The Bertz CT molecular complexity index is 1330. The van der Waals surface area contributed by atoms with Gasteiger partial charge in [-0.25, -0.2) is 9.48 Å². The van der Waals surface area contributed by atoms with Crippen molar-refractivity contribution < 1.29 is 18.7 Å². The minimum absolute atomic E-state index is 0.154. The molecule has 0 aliphatic carbocycles. The van der Waals surface area contributed by atoms with Gasteiger partial charge in [0.25, 0.3) is 5.91 Å². The predicted octanol–water partition coefficient (Wildman–Crippen LogP) is 5.10. The summed E-state index contributed by atoms with van der Waals surface area (Å²) in [5, 5.41) is 5.69. The van der Waals surface area contributed by atoms with Crippen LogP contribution in [-0.2, 0) is 14.3 Å². The number of carbonyl (C=O) groups is 2. The van der Waals surface area contributed by atoms with Gasteiger partial charge >= 0.3 is 5.97 Å². The van der Waals surface area contributed by atoms with Crippen LogP contribution >= 0.6 is 0 Å². The van der Waals surface area contributed by atoms with Crippen LogP contribution in [0.1, 0.15) is 25.3 Å². The summed E-state index contributed by atoms with van der Waals surface area (Å²) in [5.74, 6) is 0.496. The molecular formula is C28H27N3O4. The molecule has 1 saturated heterocycles. The molecule has 5 rings (SSSR count). The quantitative estimate of drug-likeness (QED) is 0.290. The van der Waals surface area contributed by atoms with E-state index in [0.717, 1.165) is 29.5 Å². The number of hydrogen-bond donors (Lipinski definition) is 0. The standard InChI is InChI=1S/C28H27N3O4/c1-20-13-15-30(16-14-20)26(32)19-34-27(33)12-11-22-18-31(23-8-3-2-4-9-23)29-28(22)25-17-21-7-5-6-10-24(21)35-25/h2-12,17-18,20H,13-16,19H2,1H3.